The number of carbonyl (C=O) groups is 1. The van der Waals surface area contributed by atoms with Gasteiger partial charge in [-0.15, -0.1) is 0 Å². The van der Waals surface area contributed by atoms with Crippen molar-refractivity contribution in [2.75, 3.05) is 19.6 Å². The first-order valence-electron chi connectivity index (χ1n) is 9.58. The van der Waals surface area contributed by atoms with Crippen LogP contribution in [-0.2, 0) is 0 Å². The molecule has 4 aliphatic heterocycles. The van der Waals surface area contributed by atoms with E-state index in [4.69, 9.17) is 0 Å². The number of benzene rings is 1. The number of aromatic nitrogens is 2. The highest BCUT2D eigenvalue weighted by molar-refractivity contribution is 5.92. The maximum Gasteiger partial charge on any atom is 0.274 e. The first kappa shape index (κ1) is 17.5. The molecule has 0 saturated carbocycles. The predicted octanol–water partition coefficient (Wildman–Crippen LogP) is 1.75. The number of H-pyrrole nitrogens is 1. The lowest BCUT2D eigenvalue weighted by atomic mass is 9.75. The Morgan fingerprint density at radius 3 is 2.68 bits per heavy atom. The number of aromatic amines is 1. The maximum absolute atomic E-state index is 14.6. The molecule has 5 heterocycles. The summed E-state index contributed by atoms with van der Waals surface area (Å²) in [7, 11) is 0. The molecule has 6 rings (SSSR count). The van der Waals surface area contributed by atoms with Gasteiger partial charge in [0.05, 0.1) is 12.2 Å². The number of amides is 1. The summed E-state index contributed by atoms with van der Waals surface area (Å²) < 4.78 is 28.5. The zero-order valence-electron chi connectivity index (χ0n) is 15.1. The molecule has 4 aliphatic rings. The number of hydrogen-bond donors (Lipinski definition) is 1. The minimum absolute atomic E-state index is 0.0319. The van der Waals surface area contributed by atoms with Gasteiger partial charge in [0.15, 0.2) is 11.6 Å². The summed E-state index contributed by atoms with van der Waals surface area (Å²) in [5.74, 6) is -1.93. The van der Waals surface area contributed by atoms with E-state index in [1.165, 1.54) is 12.3 Å². The largest absolute Gasteiger partial charge is 0.332 e. The standard InChI is InChI=1S/C20H20F2N4O2/c21-14-3-1-2-12(17(14)22)13-10-26(20(28)15-8-24-16(27)9-23-15)18-11-4-6-25(7-5-11)19(13)18/h1-3,8-9,11,13,18-19H,4-7,10H2,(H,24,27)/t13-,18+,19+/m1/s1. The van der Waals surface area contributed by atoms with Crippen LogP contribution in [0, 0.1) is 17.6 Å². The molecule has 1 aromatic heterocycles. The van der Waals surface area contributed by atoms with Crippen molar-refractivity contribution >= 4 is 5.91 Å². The SMILES string of the molecule is O=C(c1c[nH]c(=O)cn1)N1C[C@H](c2cccc(F)c2F)[C@H]2[C@@H]1C1CCN2CC1. The summed E-state index contributed by atoms with van der Waals surface area (Å²) in [6.45, 7) is 2.14. The van der Waals surface area contributed by atoms with Crippen molar-refractivity contribution < 1.29 is 13.6 Å². The number of carbonyl (C=O) groups excluding carboxylic acids is 1. The Labute approximate surface area is 160 Å². The summed E-state index contributed by atoms with van der Waals surface area (Å²) in [4.78, 5) is 35.0. The minimum Gasteiger partial charge on any atom is -0.332 e. The summed E-state index contributed by atoms with van der Waals surface area (Å²) in [6.07, 6.45) is 4.38. The van der Waals surface area contributed by atoms with Crippen LogP contribution in [0.25, 0.3) is 0 Å². The molecule has 0 aliphatic carbocycles. The van der Waals surface area contributed by atoms with Gasteiger partial charge in [-0.1, -0.05) is 12.1 Å². The highest BCUT2D eigenvalue weighted by Crippen LogP contribution is 2.47. The molecular formula is C20H20F2N4O2. The van der Waals surface area contributed by atoms with Crippen LogP contribution in [0.2, 0.25) is 0 Å². The van der Waals surface area contributed by atoms with Crippen LogP contribution >= 0.6 is 0 Å². The van der Waals surface area contributed by atoms with Gasteiger partial charge in [-0.05, 0) is 43.5 Å². The summed E-state index contributed by atoms with van der Waals surface area (Å²) in [6, 6.07) is 4.17. The average Bonchev–Trinajstić information content (AvgIpc) is 3.14. The van der Waals surface area contributed by atoms with E-state index in [1.807, 2.05) is 0 Å². The molecule has 1 aromatic carbocycles. The Morgan fingerprint density at radius 1 is 1.18 bits per heavy atom. The number of hydrogen-bond acceptors (Lipinski definition) is 4. The molecule has 1 amide bonds. The number of halogens is 2. The van der Waals surface area contributed by atoms with Crippen LogP contribution < -0.4 is 5.56 Å². The third kappa shape index (κ3) is 2.58. The Hall–Kier alpha value is -2.61. The third-order valence-corrected chi connectivity index (χ3v) is 6.53. The van der Waals surface area contributed by atoms with Crippen molar-refractivity contribution in [1.82, 2.24) is 19.8 Å². The molecule has 4 fully saturated rings. The van der Waals surface area contributed by atoms with E-state index in [-0.39, 0.29) is 35.2 Å². The van der Waals surface area contributed by atoms with Crippen molar-refractivity contribution in [1.29, 1.82) is 0 Å². The lowest BCUT2D eigenvalue weighted by molar-refractivity contribution is -0.00378. The first-order chi connectivity index (χ1) is 13.5. The van der Waals surface area contributed by atoms with E-state index in [2.05, 4.69) is 14.9 Å². The van der Waals surface area contributed by atoms with Crippen molar-refractivity contribution in [3.8, 4) is 0 Å². The van der Waals surface area contributed by atoms with E-state index >= 15 is 0 Å². The highest BCUT2D eigenvalue weighted by Gasteiger charge is 2.55. The van der Waals surface area contributed by atoms with Crippen molar-refractivity contribution in [3.63, 3.8) is 0 Å². The number of nitrogens with one attached hydrogen (secondary N) is 1. The molecule has 0 spiro atoms. The number of rotatable bonds is 2. The molecule has 0 radical (unpaired) electrons. The van der Waals surface area contributed by atoms with Crippen LogP contribution in [0.15, 0.2) is 35.4 Å². The quantitative estimate of drug-likeness (QED) is 0.854. The van der Waals surface area contributed by atoms with E-state index < -0.39 is 11.6 Å². The fourth-order valence-electron chi connectivity index (χ4n) is 5.34. The molecule has 6 nitrogen and oxygen atoms in total. The molecule has 4 saturated heterocycles. The van der Waals surface area contributed by atoms with E-state index in [0.29, 0.717) is 18.0 Å². The van der Waals surface area contributed by atoms with Crippen LogP contribution in [0.1, 0.15) is 34.8 Å². The van der Waals surface area contributed by atoms with Gasteiger partial charge < -0.3 is 9.88 Å². The summed E-state index contributed by atoms with van der Waals surface area (Å²) in [5, 5.41) is 0. The second-order valence-electron chi connectivity index (χ2n) is 7.86. The number of piperidine rings is 3. The fraction of sp³-hybridized carbons (Fsp3) is 0.450. The van der Waals surface area contributed by atoms with Gasteiger partial charge in [0.2, 0.25) is 0 Å². The fourth-order valence-corrected chi connectivity index (χ4v) is 5.34. The van der Waals surface area contributed by atoms with E-state index in [1.54, 1.807) is 11.0 Å². The Balaban J connectivity index is 1.55. The van der Waals surface area contributed by atoms with Crippen LogP contribution in [0.3, 0.4) is 0 Å². The van der Waals surface area contributed by atoms with Gasteiger partial charge in [-0.3, -0.25) is 14.5 Å². The topological polar surface area (TPSA) is 69.3 Å². The predicted molar refractivity (Wildman–Crippen MR) is 96.9 cm³/mol. The summed E-state index contributed by atoms with van der Waals surface area (Å²) >= 11 is 0. The third-order valence-electron chi connectivity index (χ3n) is 6.53. The molecular weight excluding hydrogens is 366 g/mol. The lowest BCUT2D eigenvalue weighted by Crippen LogP contribution is -2.60. The van der Waals surface area contributed by atoms with Crippen LogP contribution in [-0.4, -0.2) is 57.4 Å². The van der Waals surface area contributed by atoms with Gasteiger partial charge in [0.1, 0.15) is 5.69 Å². The number of likely N-dealkylation sites (tertiary alicyclic amines) is 1. The highest BCUT2D eigenvalue weighted by atomic mass is 19.2. The van der Waals surface area contributed by atoms with Crippen molar-refractivity contribution in [2.45, 2.75) is 30.8 Å². The molecule has 3 atom stereocenters. The van der Waals surface area contributed by atoms with E-state index in [9.17, 15) is 18.4 Å². The molecule has 8 heteroatoms. The lowest BCUT2D eigenvalue weighted by Gasteiger charge is -2.51. The van der Waals surface area contributed by atoms with Gasteiger partial charge in [-0.25, -0.2) is 13.8 Å². The second kappa shape index (κ2) is 6.48. The Morgan fingerprint density at radius 2 is 1.96 bits per heavy atom. The second-order valence-corrected chi connectivity index (χ2v) is 7.86. The smallest absolute Gasteiger partial charge is 0.274 e. The van der Waals surface area contributed by atoms with Crippen LogP contribution in [0.5, 0.6) is 0 Å². The van der Waals surface area contributed by atoms with Crippen molar-refractivity contribution in [2.24, 2.45) is 5.92 Å². The normalized spacial score (nSPS) is 31.1. The molecule has 28 heavy (non-hydrogen) atoms. The summed E-state index contributed by atoms with van der Waals surface area (Å²) in [5.41, 5.74) is 0.112. The molecule has 0 unspecified atom stereocenters. The van der Waals surface area contributed by atoms with E-state index in [0.717, 1.165) is 38.2 Å². The molecule has 2 bridgehead atoms. The molecule has 146 valence electrons. The molecule has 1 N–H and O–H groups in total. The van der Waals surface area contributed by atoms with Gasteiger partial charge >= 0.3 is 0 Å². The monoisotopic (exact) mass is 386 g/mol. The number of nitrogens with zero attached hydrogens (tertiary/aromatic N) is 3. The first-order valence-corrected chi connectivity index (χ1v) is 9.58. The Bertz CT molecular complexity index is 966. The van der Waals surface area contributed by atoms with Gasteiger partial charge in [0.25, 0.3) is 11.5 Å². The zero-order chi connectivity index (χ0) is 19.4. The zero-order valence-corrected chi connectivity index (χ0v) is 15.1. The van der Waals surface area contributed by atoms with Gasteiger partial charge in [0, 0.05) is 24.7 Å². The maximum atomic E-state index is 14.6. The minimum atomic E-state index is -0.864. The van der Waals surface area contributed by atoms with Gasteiger partial charge in [-0.2, -0.15) is 0 Å². The molecule has 2 aromatic rings. The van der Waals surface area contributed by atoms with Crippen LogP contribution in [0.4, 0.5) is 8.78 Å². The van der Waals surface area contributed by atoms with Crippen molar-refractivity contribution in [3.05, 3.63) is 63.8 Å². The number of fused-ring (bicyclic) bond motifs is 2. The average molecular weight is 386 g/mol. The Kier molecular flexibility index (Phi) is 4.04.